The van der Waals surface area contributed by atoms with Crippen LogP contribution in [0.15, 0.2) is 10.7 Å². The lowest BCUT2D eigenvalue weighted by Gasteiger charge is -2.30. The molecule has 102 valence electrons. The van der Waals surface area contributed by atoms with E-state index in [2.05, 4.69) is 44.9 Å². The highest BCUT2D eigenvalue weighted by molar-refractivity contribution is 9.10. The Bertz CT molecular complexity index is 375. The lowest BCUT2D eigenvalue weighted by atomic mass is 9.83. The van der Waals surface area contributed by atoms with Gasteiger partial charge in [-0.3, -0.25) is 4.68 Å². The number of halogens is 1. The van der Waals surface area contributed by atoms with E-state index in [1.54, 1.807) is 0 Å². The maximum Gasteiger partial charge on any atom is 0.0635 e. The Balaban J connectivity index is 2.05. The van der Waals surface area contributed by atoms with Crippen LogP contribution in [0.4, 0.5) is 0 Å². The van der Waals surface area contributed by atoms with Gasteiger partial charge in [0.15, 0.2) is 0 Å². The van der Waals surface area contributed by atoms with Crippen molar-refractivity contribution in [1.82, 2.24) is 15.1 Å². The van der Waals surface area contributed by atoms with Gasteiger partial charge in [-0.2, -0.15) is 5.10 Å². The summed E-state index contributed by atoms with van der Waals surface area (Å²) in [5.74, 6) is 0.657. The van der Waals surface area contributed by atoms with Gasteiger partial charge >= 0.3 is 0 Å². The fourth-order valence-corrected chi connectivity index (χ4v) is 3.62. The summed E-state index contributed by atoms with van der Waals surface area (Å²) in [4.78, 5) is 0. The molecule has 1 saturated carbocycles. The molecule has 2 unspecified atom stereocenters. The van der Waals surface area contributed by atoms with E-state index in [1.165, 1.54) is 42.3 Å². The summed E-state index contributed by atoms with van der Waals surface area (Å²) in [6.45, 7) is 6.50. The van der Waals surface area contributed by atoms with E-state index in [0.717, 1.165) is 13.1 Å². The zero-order chi connectivity index (χ0) is 13.0. The van der Waals surface area contributed by atoms with Gasteiger partial charge in [-0.15, -0.1) is 0 Å². The maximum atomic E-state index is 4.45. The molecular formula is C14H24BrN3. The molecule has 3 nitrogen and oxygen atoms in total. The van der Waals surface area contributed by atoms with Gasteiger partial charge < -0.3 is 5.32 Å². The fourth-order valence-electron chi connectivity index (χ4n) is 3.00. The van der Waals surface area contributed by atoms with E-state index in [9.17, 15) is 0 Å². The Morgan fingerprint density at radius 3 is 3.00 bits per heavy atom. The first-order valence-electron chi connectivity index (χ1n) is 7.20. The molecule has 4 heteroatoms. The van der Waals surface area contributed by atoms with Crippen LogP contribution in [0.3, 0.4) is 0 Å². The van der Waals surface area contributed by atoms with Crippen LogP contribution in [0.2, 0.25) is 0 Å². The van der Waals surface area contributed by atoms with Crippen molar-refractivity contribution >= 4 is 15.9 Å². The number of hydrogen-bond acceptors (Lipinski definition) is 2. The van der Waals surface area contributed by atoms with Crippen LogP contribution in [0, 0.1) is 0 Å². The van der Waals surface area contributed by atoms with Crippen LogP contribution in [-0.2, 0) is 6.54 Å². The van der Waals surface area contributed by atoms with Crippen LogP contribution in [0.5, 0.6) is 0 Å². The van der Waals surface area contributed by atoms with Crippen LogP contribution < -0.4 is 5.32 Å². The first-order chi connectivity index (χ1) is 8.76. The molecule has 1 aromatic rings. The molecular weight excluding hydrogens is 290 g/mol. The van der Waals surface area contributed by atoms with Crippen LogP contribution in [0.25, 0.3) is 0 Å². The van der Waals surface area contributed by atoms with Crippen molar-refractivity contribution in [2.45, 2.75) is 64.5 Å². The monoisotopic (exact) mass is 313 g/mol. The molecule has 1 aromatic heterocycles. The van der Waals surface area contributed by atoms with Crippen molar-refractivity contribution < 1.29 is 0 Å². The predicted octanol–water partition coefficient (Wildman–Crippen LogP) is 3.69. The summed E-state index contributed by atoms with van der Waals surface area (Å²) in [5, 5.41) is 8.12. The highest BCUT2D eigenvalue weighted by Crippen LogP contribution is 2.36. The third-order valence-corrected chi connectivity index (χ3v) is 4.49. The molecule has 0 aromatic carbocycles. The minimum atomic E-state index is 0.657. The summed E-state index contributed by atoms with van der Waals surface area (Å²) in [6.07, 6.45) is 8.38. The first kappa shape index (κ1) is 14.1. The standard InChI is InChI=1S/C14H24BrN3/c1-3-8-16-12-7-5-6-11(9-12)14-13(15)10-17-18(14)4-2/h10-12,16H,3-9H2,1-2H3. The summed E-state index contributed by atoms with van der Waals surface area (Å²) in [5.41, 5.74) is 1.40. The molecule has 1 fully saturated rings. The molecule has 0 radical (unpaired) electrons. The Morgan fingerprint density at radius 1 is 1.44 bits per heavy atom. The number of nitrogens with one attached hydrogen (secondary N) is 1. The highest BCUT2D eigenvalue weighted by Gasteiger charge is 2.26. The van der Waals surface area contributed by atoms with Gasteiger partial charge in [0, 0.05) is 18.5 Å². The zero-order valence-electron chi connectivity index (χ0n) is 11.5. The number of rotatable bonds is 5. The minimum absolute atomic E-state index is 0.657. The Morgan fingerprint density at radius 2 is 2.28 bits per heavy atom. The lowest BCUT2D eigenvalue weighted by molar-refractivity contribution is 0.328. The van der Waals surface area contributed by atoms with Crippen molar-refractivity contribution in [2.75, 3.05) is 6.54 Å². The molecule has 1 heterocycles. The van der Waals surface area contributed by atoms with E-state index in [-0.39, 0.29) is 0 Å². The first-order valence-corrected chi connectivity index (χ1v) is 8.00. The summed E-state index contributed by atoms with van der Waals surface area (Å²) in [7, 11) is 0. The molecule has 0 saturated heterocycles. The third-order valence-electron chi connectivity index (χ3n) is 3.88. The van der Waals surface area contributed by atoms with E-state index < -0.39 is 0 Å². The fraction of sp³-hybridized carbons (Fsp3) is 0.786. The molecule has 18 heavy (non-hydrogen) atoms. The topological polar surface area (TPSA) is 29.9 Å². The summed E-state index contributed by atoms with van der Waals surface area (Å²) >= 11 is 3.66. The number of hydrogen-bond donors (Lipinski definition) is 1. The van der Waals surface area contributed by atoms with E-state index in [1.807, 2.05) is 6.20 Å². The van der Waals surface area contributed by atoms with E-state index in [4.69, 9.17) is 0 Å². The van der Waals surface area contributed by atoms with Crippen LogP contribution >= 0.6 is 15.9 Å². The Kier molecular flexibility index (Phi) is 5.25. The third kappa shape index (κ3) is 3.15. The second-order valence-corrected chi connectivity index (χ2v) is 6.06. The number of aryl methyl sites for hydroxylation is 1. The van der Waals surface area contributed by atoms with Gasteiger partial charge in [-0.1, -0.05) is 13.3 Å². The quantitative estimate of drug-likeness (QED) is 0.898. The molecule has 2 atom stereocenters. The summed E-state index contributed by atoms with van der Waals surface area (Å²) < 4.78 is 3.34. The van der Waals surface area contributed by atoms with Crippen LogP contribution in [0.1, 0.15) is 57.6 Å². The predicted molar refractivity (Wildman–Crippen MR) is 78.9 cm³/mol. The van der Waals surface area contributed by atoms with Gasteiger partial charge in [0.2, 0.25) is 0 Å². The normalized spacial score (nSPS) is 24.4. The molecule has 2 rings (SSSR count). The molecule has 0 bridgehead atoms. The SMILES string of the molecule is CCCNC1CCCC(c2c(Br)cnn2CC)C1. The molecule has 1 aliphatic rings. The van der Waals surface area contributed by atoms with Gasteiger partial charge in [0.1, 0.15) is 0 Å². The highest BCUT2D eigenvalue weighted by atomic mass is 79.9. The smallest absolute Gasteiger partial charge is 0.0635 e. The van der Waals surface area contributed by atoms with Crippen molar-refractivity contribution in [1.29, 1.82) is 0 Å². The average Bonchev–Trinajstić information content (AvgIpc) is 2.78. The number of aromatic nitrogens is 2. The average molecular weight is 314 g/mol. The van der Waals surface area contributed by atoms with Gasteiger partial charge in [0.25, 0.3) is 0 Å². The largest absolute Gasteiger partial charge is 0.314 e. The Hall–Kier alpha value is -0.350. The van der Waals surface area contributed by atoms with Gasteiger partial charge in [-0.05, 0) is 55.1 Å². The van der Waals surface area contributed by atoms with Crippen molar-refractivity contribution in [3.05, 3.63) is 16.4 Å². The minimum Gasteiger partial charge on any atom is -0.314 e. The second-order valence-electron chi connectivity index (χ2n) is 5.21. The molecule has 0 aliphatic heterocycles. The van der Waals surface area contributed by atoms with Crippen LogP contribution in [-0.4, -0.2) is 22.4 Å². The zero-order valence-corrected chi connectivity index (χ0v) is 13.0. The van der Waals surface area contributed by atoms with Gasteiger partial charge in [0.05, 0.1) is 16.4 Å². The van der Waals surface area contributed by atoms with E-state index in [0.29, 0.717) is 12.0 Å². The van der Waals surface area contributed by atoms with Gasteiger partial charge in [-0.25, -0.2) is 0 Å². The van der Waals surface area contributed by atoms with Crippen molar-refractivity contribution in [2.24, 2.45) is 0 Å². The lowest BCUT2D eigenvalue weighted by Crippen LogP contribution is -2.34. The van der Waals surface area contributed by atoms with E-state index >= 15 is 0 Å². The summed E-state index contributed by atoms with van der Waals surface area (Å²) in [6, 6.07) is 0.691. The second kappa shape index (κ2) is 6.71. The maximum absolute atomic E-state index is 4.45. The molecule has 0 spiro atoms. The molecule has 0 amide bonds. The molecule has 1 N–H and O–H groups in total. The molecule has 1 aliphatic carbocycles. The Labute approximate surface area is 118 Å². The van der Waals surface area contributed by atoms with Crippen molar-refractivity contribution in [3.63, 3.8) is 0 Å². The number of nitrogens with zero attached hydrogens (tertiary/aromatic N) is 2. The van der Waals surface area contributed by atoms with Crippen molar-refractivity contribution in [3.8, 4) is 0 Å².